The number of carbonyl (C=O) groups is 1. The molecule has 0 radical (unpaired) electrons. The van der Waals surface area contributed by atoms with E-state index in [9.17, 15) is 10.1 Å². The highest BCUT2D eigenvalue weighted by atomic mass is 32.1. The van der Waals surface area contributed by atoms with Crippen molar-refractivity contribution in [1.82, 2.24) is 0 Å². The predicted octanol–water partition coefficient (Wildman–Crippen LogP) is 3.54. The van der Waals surface area contributed by atoms with Crippen molar-refractivity contribution < 1.29 is 10.1 Å². The molecule has 1 aliphatic rings. The number of nitrogens with zero attached hydrogens (tertiary/aromatic N) is 1. The summed E-state index contributed by atoms with van der Waals surface area (Å²) in [5.41, 5.74) is 3.05. The van der Waals surface area contributed by atoms with Gasteiger partial charge in [-0.2, -0.15) is 5.26 Å². The lowest BCUT2D eigenvalue weighted by Crippen LogP contribution is -2.91. The molecule has 0 unspecified atom stereocenters. The fourth-order valence-electron chi connectivity index (χ4n) is 3.56. The van der Waals surface area contributed by atoms with Gasteiger partial charge in [-0.1, -0.05) is 36.8 Å². The number of fused-ring (bicyclic) bond motifs is 1. The van der Waals surface area contributed by atoms with Gasteiger partial charge in [0.2, 0.25) is 0 Å². The number of nitrogens with two attached hydrogens (primary N) is 1. The molecule has 2 aromatic rings. The summed E-state index contributed by atoms with van der Waals surface area (Å²) in [5, 5.41) is 15.4. The Morgan fingerprint density at radius 3 is 2.65 bits per heavy atom. The lowest BCUT2D eigenvalue weighted by atomic mass is 10.1. The Morgan fingerprint density at radius 2 is 1.92 bits per heavy atom. The van der Waals surface area contributed by atoms with Crippen LogP contribution in [0.2, 0.25) is 0 Å². The summed E-state index contributed by atoms with van der Waals surface area (Å²) in [4.78, 5) is 14.0. The van der Waals surface area contributed by atoms with Crippen LogP contribution in [0.3, 0.4) is 0 Å². The Bertz CT molecular complexity index is 807. The third-order valence-corrected chi connectivity index (χ3v) is 6.29. The standard InChI is InChI=1S/C21H25N3OS/c1-14(16-9-5-3-6-10-16)23-15(2)20(25)24-21-18(13-22)17-11-7-4-8-12-19(17)26-21/h3,5-6,9-10,14-15,23H,4,7-8,11-12H2,1-2H3,(H,24,25)/p+1/t14-,15-/m0/s1. The van der Waals surface area contributed by atoms with Gasteiger partial charge in [-0.15, -0.1) is 11.3 Å². The number of amides is 1. The van der Waals surface area contributed by atoms with Crippen LogP contribution in [0, 0.1) is 11.3 Å². The number of hydrogen-bond donors (Lipinski definition) is 2. The van der Waals surface area contributed by atoms with Crippen molar-refractivity contribution in [2.45, 2.75) is 58.0 Å². The molecule has 1 aromatic carbocycles. The molecule has 1 heterocycles. The smallest absolute Gasteiger partial charge is 0.282 e. The molecule has 3 N–H and O–H groups in total. The first kappa shape index (κ1) is 18.6. The lowest BCUT2D eigenvalue weighted by Gasteiger charge is -2.16. The van der Waals surface area contributed by atoms with Crippen molar-refractivity contribution >= 4 is 22.2 Å². The zero-order valence-corrected chi connectivity index (χ0v) is 16.2. The van der Waals surface area contributed by atoms with Crippen LogP contribution in [0.4, 0.5) is 5.00 Å². The van der Waals surface area contributed by atoms with Gasteiger partial charge in [0.05, 0.1) is 5.56 Å². The van der Waals surface area contributed by atoms with E-state index in [4.69, 9.17) is 0 Å². The number of carbonyl (C=O) groups excluding carboxylic acids is 1. The molecule has 2 atom stereocenters. The van der Waals surface area contributed by atoms with Gasteiger partial charge in [-0.05, 0) is 45.1 Å². The minimum Gasteiger partial charge on any atom is -0.330 e. The number of benzene rings is 1. The molecule has 0 saturated carbocycles. The summed E-state index contributed by atoms with van der Waals surface area (Å²) in [6, 6.07) is 12.5. The second kappa shape index (κ2) is 8.48. The monoisotopic (exact) mass is 368 g/mol. The molecule has 5 heteroatoms. The molecule has 3 rings (SSSR count). The summed E-state index contributed by atoms with van der Waals surface area (Å²) in [5.74, 6) is -0.0410. The van der Waals surface area contributed by atoms with Crippen LogP contribution < -0.4 is 10.6 Å². The number of rotatable bonds is 5. The molecular weight excluding hydrogens is 342 g/mol. The van der Waals surface area contributed by atoms with Crippen LogP contribution in [-0.4, -0.2) is 11.9 Å². The molecule has 136 valence electrons. The Kier molecular flexibility index (Phi) is 6.08. The third kappa shape index (κ3) is 4.14. The van der Waals surface area contributed by atoms with Gasteiger partial charge >= 0.3 is 0 Å². The van der Waals surface area contributed by atoms with E-state index in [1.165, 1.54) is 28.8 Å². The Morgan fingerprint density at radius 1 is 1.19 bits per heavy atom. The highest BCUT2D eigenvalue weighted by molar-refractivity contribution is 7.16. The minimum atomic E-state index is -0.223. The van der Waals surface area contributed by atoms with Gasteiger partial charge in [0.1, 0.15) is 17.1 Å². The Balaban J connectivity index is 1.69. The summed E-state index contributed by atoms with van der Waals surface area (Å²) >= 11 is 1.59. The van der Waals surface area contributed by atoms with Crippen LogP contribution in [0.15, 0.2) is 30.3 Å². The van der Waals surface area contributed by atoms with Crippen molar-refractivity contribution in [3.8, 4) is 6.07 Å². The van der Waals surface area contributed by atoms with Crippen molar-refractivity contribution in [1.29, 1.82) is 5.26 Å². The molecular formula is C21H26N3OS+. The molecule has 1 aliphatic carbocycles. The molecule has 0 aliphatic heterocycles. The molecule has 0 bridgehead atoms. The highest BCUT2D eigenvalue weighted by Crippen LogP contribution is 2.36. The fourth-order valence-corrected chi connectivity index (χ4v) is 4.81. The maximum absolute atomic E-state index is 12.7. The van der Waals surface area contributed by atoms with Gasteiger partial charge in [-0.25, -0.2) is 0 Å². The number of quaternary nitrogens is 1. The van der Waals surface area contributed by atoms with Gasteiger partial charge in [0.15, 0.2) is 6.04 Å². The van der Waals surface area contributed by atoms with E-state index in [2.05, 4.69) is 35.8 Å². The Hall–Kier alpha value is -2.16. The molecule has 26 heavy (non-hydrogen) atoms. The first-order valence-corrected chi connectivity index (χ1v) is 10.2. The van der Waals surface area contributed by atoms with Gasteiger partial charge in [-0.3, -0.25) is 4.79 Å². The van der Waals surface area contributed by atoms with E-state index in [1.54, 1.807) is 11.3 Å². The van der Waals surface area contributed by atoms with Crippen LogP contribution in [-0.2, 0) is 17.6 Å². The average Bonchev–Trinajstić information content (AvgIpc) is 2.81. The zero-order valence-electron chi connectivity index (χ0n) is 15.4. The van der Waals surface area contributed by atoms with Crippen LogP contribution in [0.5, 0.6) is 0 Å². The van der Waals surface area contributed by atoms with Crippen LogP contribution in [0.25, 0.3) is 0 Å². The van der Waals surface area contributed by atoms with Gasteiger partial charge in [0.25, 0.3) is 5.91 Å². The molecule has 0 saturated heterocycles. The van der Waals surface area contributed by atoms with E-state index in [0.29, 0.717) is 5.56 Å². The first-order valence-electron chi connectivity index (χ1n) is 9.35. The molecule has 0 fully saturated rings. The van der Waals surface area contributed by atoms with Crippen LogP contribution >= 0.6 is 11.3 Å². The lowest BCUT2D eigenvalue weighted by molar-refractivity contribution is -0.709. The summed E-state index contributed by atoms with van der Waals surface area (Å²) in [6.07, 6.45) is 5.50. The molecule has 1 amide bonds. The highest BCUT2D eigenvalue weighted by Gasteiger charge is 2.25. The molecule has 1 aromatic heterocycles. The number of aryl methyl sites for hydroxylation is 1. The van der Waals surface area contributed by atoms with Crippen molar-refractivity contribution in [2.75, 3.05) is 5.32 Å². The van der Waals surface area contributed by atoms with Crippen molar-refractivity contribution in [2.24, 2.45) is 0 Å². The SMILES string of the molecule is C[C@H]([NH2+][C@@H](C)c1ccccc1)C(=O)Nc1sc2c(c1C#N)CCCCC2. The second-order valence-corrected chi connectivity index (χ2v) is 8.16. The van der Waals surface area contributed by atoms with E-state index >= 15 is 0 Å². The van der Waals surface area contributed by atoms with E-state index in [-0.39, 0.29) is 18.0 Å². The summed E-state index contributed by atoms with van der Waals surface area (Å²) in [6.45, 7) is 4.02. The number of thiophene rings is 1. The largest absolute Gasteiger partial charge is 0.330 e. The first-order chi connectivity index (χ1) is 12.6. The Labute approximate surface area is 159 Å². The predicted molar refractivity (Wildman–Crippen MR) is 105 cm³/mol. The number of nitrogens with one attached hydrogen (secondary N) is 1. The van der Waals surface area contributed by atoms with Gasteiger partial charge < -0.3 is 10.6 Å². The maximum Gasteiger partial charge on any atom is 0.282 e. The minimum absolute atomic E-state index is 0.0410. The number of hydrogen-bond acceptors (Lipinski definition) is 3. The zero-order chi connectivity index (χ0) is 18.5. The molecule has 0 spiro atoms. The maximum atomic E-state index is 12.7. The fraction of sp³-hybridized carbons (Fsp3) is 0.429. The number of anilines is 1. The van der Waals surface area contributed by atoms with Gasteiger partial charge in [0, 0.05) is 10.4 Å². The normalized spacial score (nSPS) is 16.0. The van der Waals surface area contributed by atoms with E-state index < -0.39 is 0 Å². The number of nitriles is 1. The van der Waals surface area contributed by atoms with Crippen molar-refractivity contribution in [3.05, 3.63) is 51.9 Å². The quantitative estimate of drug-likeness (QED) is 0.793. The van der Waals surface area contributed by atoms with E-state index in [0.717, 1.165) is 24.3 Å². The third-order valence-electron chi connectivity index (χ3n) is 5.09. The van der Waals surface area contributed by atoms with Crippen molar-refractivity contribution in [3.63, 3.8) is 0 Å². The summed E-state index contributed by atoms with van der Waals surface area (Å²) < 4.78 is 0. The average molecular weight is 369 g/mol. The van der Waals surface area contributed by atoms with E-state index in [1.807, 2.05) is 25.1 Å². The topological polar surface area (TPSA) is 69.5 Å². The summed E-state index contributed by atoms with van der Waals surface area (Å²) in [7, 11) is 0. The molecule has 4 nitrogen and oxygen atoms in total. The van der Waals surface area contributed by atoms with Crippen LogP contribution in [0.1, 0.15) is 60.7 Å². The second-order valence-electron chi connectivity index (χ2n) is 7.05.